The Balaban J connectivity index is 1.62. The molecule has 22 heavy (non-hydrogen) atoms. The van der Waals surface area contributed by atoms with E-state index in [2.05, 4.69) is 39.6 Å². The predicted molar refractivity (Wildman–Crippen MR) is 93.7 cm³/mol. The van der Waals surface area contributed by atoms with E-state index in [1.165, 1.54) is 38.5 Å². The van der Waals surface area contributed by atoms with Crippen molar-refractivity contribution in [3.63, 3.8) is 0 Å². The van der Waals surface area contributed by atoms with Crippen LogP contribution in [0.15, 0.2) is 0 Å². The molecular weight excluding hydrogens is 266 g/mol. The molecule has 3 aliphatic carbocycles. The van der Waals surface area contributed by atoms with E-state index in [1.807, 2.05) is 0 Å². The van der Waals surface area contributed by atoms with Crippen LogP contribution in [-0.4, -0.2) is 24.0 Å². The number of hydrogen-bond donors (Lipinski definition) is 0. The van der Waals surface area contributed by atoms with Crippen molar-refractivity contribution in [2.45, 2.75) is 84.7 Å². The van der Waals surface area contributed by atoms with Crippen LogP contribution < -0.4 is 0 Å². The molecule has 0 bridgehead atoms. The van der Waals surface area contributed by atoms with Crippen LogP contribution in [0.3, 0.4) is 0 Å². The summed E-state index contributed by atoms with van der Waals surface area (Å²) < 4.78 is 0. The van der Waals surface area contributed by atoms with Gasteiger partial charge in [-0.15, -0.1) is 0 Å². The van der Waals surface area contributed by atoms with Crippen molar-refractivity contribution >= 4 is 0 Å². The molecule has 8 unspecified atom stereocenters. The largest absolute Gasteiger partial charge is 0.300 e. The molecule has 0 aromatic carbocycles. The van der Waals surface area contributed by atoms with Crippen molar-refractivity contribution in [2.24, 2.45) is 40.9 Å². The van der Waals surface area contributed by atoms with Gasteiger partial charge in [0.25, 0.3) is 0 Å². The van der Waals surface area contributed by atoms with E-state index in [-0.39, 0.29) is 0 Å². The molecule has 4 fully saturated rings. The first-order valence-electron chi connectivity index (χ1n) is 10.1. The molecular formula is C21H37N. The molecule has 4 aliphatic rings. The van der Waals surface area contributed by atoms with Crippen LogP contribution in [0.4, 0.5) is 0 Å². The average Bonchev–Trinajstić information content (AvgIpc) is 2.94. The SMILES string of the molecule is CC1C2CCCCC2C2C3CC(C(C)(C)C)CCC3N(C)C12. The molecule has 3 saturated carbocycles. The van der Waals surface area contributed by atoms with E-state index in [9.17, 15) is 0 Å². The summed E-state index contributed by atoms with van der Waals surface area (Å²) in [4.78, 5) is 2.87. The van der Waals surface area contributed by atoms with Crippen molar-refractivity contribution in [3.8, 4) is 0 Å². The van der Waals surface area contributed by atoms with Crippen molar-refractivity contribution in [2.75, 3.05) is 7.05 Å². The summed E-state index contributed by atoms with van der Waals surface area (Å²) in [7, 11) is 2.48. The van der Waals surface area contributed by atoms with Gasteiger partial charge in [0.1, 0.15) is 0 Å². The van der Waals surface area contributed by atoms with Crippen molar-refractivity contribution < 1.29 is 0 Å². The summed E-state index contributed by atoms with van der Waals surface area (Å²) in [5.74, 6) is 6.11. The van der Waals surface area contributed by atoms with Gasteiger partial charge in [0.15, 0.2) is 0 Å². The van der Waals surface area contributed by atoms with E-state index < -0.39 is 0 Å². The zero-order valence-electron chi connectivity index (χ0n) is 15.5. The molecule has 4 rings (SSSR count). The lowest BCUT2D eigenvalue weighted by atomic mass is 9.63. The van der Waals surface area contributed by atoms with Gasteiger partial charge in [0.2, 0.25) is 0 Å². The Bertz CT molecular complexity index is 422. The topological polar surface area (TPSA) is 3.24 Å². The Morgan fingerprint density at radius 1 is 0.864 bits per heavy atom. The Labute approximate surface area is 138 Å². The minimum atomic E-state index is 0.512. The lowest BCUT2D eigenvalue weighted by Crippen LogP contribution is -2.42. The Morgan fingerprint density at radius 2 is 1.55 bits per heavy atom. The molecule has 0 N–H and O–H groups in total. The summed E-state index contributed by atoms with van der Waals surface area (Å²) in [5.41, 5.74) is 0.512. The second kappa shape index (κ2) is 5.23. The smallest absolute Gasteiger partial charge is 0.0158 e. The maximum Gasteiger partial charge on any atom is 0.0158 e. The molecule has 0 aromatic heterocycles. The minimum absolute atomic E-state index is 0.512. The summed E-state index contributed by atoms with van der Waals surface area (Å²) in [5, 5.41) is 0. The zero-order chi connectivity index (χ0) is 15.6. The monoisotopic (exact) mass is 303 g/mol. The van der Waals surface area contributed by atoms with Crippen LogP contribution >= 0.6 is 0 Å². The highest BCUT2D eigenvalue weighted by Gasteiger charge is 2.60. The molecule has 0 radical (unpaired) electrons. The molecule has 1 aliphatic heterocycles. The quantitative estimate of drug-likeness (QED) is 0.594. The van der Waals surface area contributed by atoms with Gasteiger partial charge in [-0.05, 0) is 80.1 Å². The Hall–Kier alpha value is -0.0400. The predicted octanol–water partition coefficient (Wildman–Crippen LogP) is 5.20. The second-order valence-electron chi connectivity index (χ2n) is 10.3. The average molecular weight is 304 g/mol. The van der Waals surface area contributed by atoms with E-state index in [0.717, 1.165) is 47.6 Å². The maximum atomic E-state index is 2.87. The summed E-state index contributed by atoms with van der Waals surface area (Å²) in [6.45, 7) is 10.0. The van der Waals surface area contributed by atoms with Gasteiger partial charge < -0.3 is 0 Å². The summed E-state index contributed by atoms with van der Waals surface area (Å²) >= 11 is 0. The minimum Gasteiger partial charge on any atom is -0.300 e. The summed E-state index contributed by atoms with van der Waals surface area (Å²) in [6.07, 6.45) is 10.6. The van der Waals surface area contributed by atoms with Crippen LogP contribution in [0.2, 0.25) is 0 Å². The molecule has 0 amide bonds. The van der Waals surface area contributed by atoms with Crippen LogP contribution in [0, 0.1) is 40.9 Å². The highest BCUT2D eigenvalue weighted by molar-refractivity contribution is 5.12. The zero-order valence-corrected chi connectivity index (χ0v) is 15.5. The lowest BCUT2D eigenvalue weighted by molar-refractivity contribution is 0.0621. The molecule has 1 nitrogen and oxygen atoms in total. The number of nitrogens with zero attached hydrogens (tertiary/aromatic N) is 1. The van der Waals surface area contributed by atoms with E-state index in [1.54, 1.807) is 6.42 Å². The fourth-order valence-corrected chi connectivity index (χ4v) is 7.51. The first-order valence-corrected chi connectivity index (χ1v) is 10.1. The molecule has 0 aromatic rings. The van der Waals surface area contributed by atoms with Crippen LogP contribution in [0.5, 0.6) is 0 Å². The van der Waals surface area contributed by atoms with E-state index in [0.29, 0.717) is 5.41 Å². The third kappa shape index (κ3) is 2.14. The van der Waals surface area contributed by atoms with Gasteiger partial charge in [-0.2, -0.15) is 0 Å². The molecule has 0 spiro atoms. The number of fused-ring (bicyclic) bond motifs is 5. The first-order chi connectivity index (χ1) is 10.4. The number of rotatable bonds is 0. The third-order valence-electron chi connectivity index (χ3n) is 8.55. The molecule has 126 valence electrons. The maximum absolute atomic E-state index is 2.87. The third-order valence-corrected chi connectivity index (χ3v) is 8.55. The Morgan fingerprint density at radius 3 is 2.23 bits per heavy atom. The van der Waals surface area contributed by atoms with Gasteiger partial charge in [0, 0.05) is 12.1 Å². The van der Waals surface area contributed by atoms with Gasteiger partial charge >= 0.3 is 0 Å². The molecule has 1 heterocycles. The first kappa shape index (κ1) is 15.5. The van der Waals surface area contributed by atoms with Crippen molar-refractivity contribution in [1.82, 2.24) is 4.90 Å². The Kier molecular flexibility index (Phi) is 3.68. The van der Waals surface area contributed by atoms with Crippen LogP contribution in [0.1, 0.15) is 72.6 Å². The second-order valence-corrected chi connectivity index (χ2v) is 10.3. The van der Waals surface area contributed by atoms with E-state index >= 15 is 0 Å². The van der Waals surface area contributed by atoms with Gasteiger partial charge in [0.05, 0.1) is 0 Å². The van der Waals surface area contributed by atoms with Crippen LogP contribution in [0.25, 0.3) is 0 Å². The van der Waals surface area contributed by atoms with Gasteiger partial charge in [-0.25, -0.2) is 0 Å². The summed E-state index contributed by atoms with van der Waals surface area (Å²) in [6, 6.07) is 1.83. The van der Waals surface area contributed by atoms with Gasteiger partial charge in [-0.1, -0.05) is 40.5 Å². The lowest BCUT2D eigenvalue weighted by Gasteiger charge is -2.44. The highest BCUT2D eigenvalue weighted by atomic mass is 15.2. The molecule has 8 atom stereocenters. The highest BCUT2D eigenvalue weighted by Crippen LogP contribution is 2.61. The number of likely N-dealkylation sites (tertiary alicyclic amines) is 1. The van der Waals surface area contributed by atoms with Gasteiger partial charge in [-0.3, -0.25) is 4.90 Å². The van der Waals surface area contributed by atoms with Crippen molar-refractivity contribution in [3.05, 3.63) is 0 Å². The fourth-order valence-electron chi connectivity index (χ4n) is 7.51. The molecule has 1 saturated heterocycles. The normalized spacial score (nSPS) is 52.2. The standard InChI is InChI=1S/C21H37N/c1-13-15-8-6-7-9-16(15)19-17-12-14(21(2,3)4)10-11-18(17)22(5)20(13)19/h13-20H,6-12H2,1-5H3. The van der Waals surface area contributed by atoms with Crippen LogP contribution in [-0.2, 0) is 0 Å². The number of hydrogen-bond acceptors (Lipinski definition) is 1. The van der Waals surface area contributed by atoms with E-state index in [4.69, 9.17) is 0 Å². The molecule has 1 heteroatoms. The fraction of sp³-hybridized carbons (Fsp3) is 1.00. The van der Waals surface area contributed by atoms with Crippen molar-refractivity contribution in [1.29, 1.82) is 0 Å².